The molecule has 26 heavy (non-hydrogen) atoms. The van der Waals surface area contributed by atoms with E-state index in [1.807, 2.05) is 42.7 Å². The molecule has 5 nitrogen and oxygen atoms in total. The van der Waals surface area contributed by atoms with Gasteiger partial charge in [0.2, 0.25) is 0 Å². The Morgan fingerprint density at radius 3 is 2.46 bits per heavy atom. The summed E-state index contributed by atoms with van der Waals surface area (Å²) in [5.74, 6) is -0.583. The van der Waals surface area contributed by atoms with Gasteiger partial charge in [-0.3, -0.25) is 9.59 Å². The molecular weight excluding hydrogens is 348 g/mol. The highest BCUT2D eigenvalue weighted by Gasteiger charge is 2.11. The van der Waals surface area contributed by atoms with Crippen molar-refractivity contribution in [3.63, 3.8) is 0 Å². The second kappa shape index (κ2) is 7.66. The van der Waals surface area contributed by atoms with Gasteiger partial charge in [-0.1, -0.05) is 35.1 Å². The number of rotatable bonds is 4. The van der Waals surface area contributed by atoms with Gasteiger partial charge in [-0.15, -0.1) is 0 Å². The molecule has 3 aromatic rings. The second-order valence-electron chi connectivity index (χ2n) is 6.12. The first-order valence-corrected chi connectivity index (χ1v) is 9.12. The van der Waals surface area contributed by atoms with Crippen LogP contribution >= 0.6 is 11.3 Å². The standard InChI is InChI=1S/C20H20N2O3S/c1-13-4-7-15(8-5-13)19(24)21-20-22(11-10-18(23)25-3)16-9-6-14(2)12-17(16)26-20/h4-9,12H,10-11H2,1-3H3. The summed E-state index contributed by atoms with van der Waals surface area (Å²) in [6, 6.07) is 13.4. The second-order valence-corrected chi connectivity index (χ2v) is 7.13. The van der Waals surface area contributed by atoms with E-state index < -0.39 is 0 Å². The van der Waals surface area contributed by atoms with Gasteiger partial charge in [0.05, 0.1) is 23.7 Å². The van der Waals surface area contributed by atoms with Gasteiger partial charge in [-0.25, -0.2) is 0 Å². The van der Waals surface area contributed by atoms with Crippen LogP contribution in [0.15, 0.2) is 47.5 Å². The SMILES string of the molecule is COC(=O)CCn1c(=NC(=O)c2ccc(C)cc2)sc2cc(C)ccc21. The molecule has 0 aliphatic rings. The molecular formula is C20H20N2O3S. The molecule has 0 fully saturated rings. The van der Waals surface area contributed by atoms with E-state index in [-0.39, 0.29) is 18.3 Å². The van der Waals surface area contributed by atoms with E-state index in [0.29, 0.717) is 16.9 Å². The van der Waals surface area contributed by atoms with Crippen LogP contribution in [0.2, 0.25) is 0 Å². The number of carbonyl (C=O) groups excluding carboxylic acids is 2. The Kier molecular flexibility index (Phi) is 5.32. The van der Waals surface area contributed by atoms with E-state index in [2.05, 4.69) is 11.1 Å². The zero-order valence-electron chi connectivity index (χ0n) is 15.0. The number of fused-ring (bicyclic) bond motifs is 1. The minimum absolute atomic E-state index is 0.224. The molecule has 0 saturated heterocycles. The van der Waals surface area contributed by atoms with E-state index in [1.165, 1.54) is 18.4 Å². The lowest BCUT2D eigenvalue weighted by Crippen LogP contribution is -2.19. The molecule has 3 rings (SSSR count). The fraction of sp³-hybridized carbons (Fsp3) is 0.250. The van der Waals surface area contributed by atoms with E-state index in [4.69, 9.17) is 4.74 Å². The van der Waals surface area contributed by atoms with E-state index in [9.17, 15) is 9.59 Å². The third-order valence-corrected chi connectivity index (χ3v) is 5.14. The Morgan fingerprint density at radius 2 is 1.77 bits per heavy atom. The number of carbonyl (C=O) groups is 2. The summed E-state index contributed by atoms with van der Waals surface area (Å²) in [5.41, 5.74) is 3.73. The molecule has 0 N–H and O–H groups in total. The highest BCUT2D eigenvalue weighted by Crippen LogP contribution is 2.19. The summed E-state index contributed by atoms with van der Waals surface area (Å²) in [6.07, 6.45) is 0.224. The van der Waals surface area contributed by atoms with Gasteiger partial charge >= 0.3 is 5.97 Å². The van der Waals surface area contributed by atoms with Crippen LogP contribution in [0.4, 0.5) is 0 Å². The third kappa shape index (κ3) is 3.91. The van der Waals surface area contributed by atoms with E-state index in [0.717, 1.165) is 21.3 Å². The molecule has 1 heterocycles. The number of methoxy groups -OCH3 is 1. The Hall–Kier alpha value is -2.73. The third-order valence-electron chi connectivity index (χ3n) is 4.10. The molecule has 0 aliphatic heterocycles. The number of hydrogen-bond acceptors (Lipinski definition) is 4. The van der Waals surface area contributed by atoms with Crippen molar-refractivity contribution >= 4 is 33.4 Å². The smallest absolute Gasteiger partial charge is 0.307 e. The summed E-state index contributed by atoms with van der Waals surface area (Å²) in [5, 5.41) is 0. The zero-order valence-corrected chi connectivity index (χ0v) is 15.8. The predicted molar refractivity (Wildman–Crippen MR) is 102 cm³/mol. The van der Waals surface area contributed by atoms with Crippen molar-refractivity contribution in [1.82, 2.24) is 4.57 Å². The highest BCUT2D eigenvalue weighted by atomic mass is 32.1. The number of thiazole rings is 1. The Morgan fingerprint density at radius 1 is 1.08 bits per heavy atom. The number of hydrogen-bond donors (Lipinski definition) is 0. The first-order valence-electron chi connectivity index (χ1n) is 8.30. The van der Waals surface area contributed by atoms with Crippen molar-refractivity contribution in [2.75, 3.05) is 7.11 Å². The first-order chi connectivity index (χ1) is 12.5. The number of aromatic nitrogens is 1. The molecule has 1 aromatic heterocycles. The van der Waals surface area contributed by atoms with Gasteiger partial charge in [0.25, 0.3) is 5.91 Å². The van der Waals surface area contributed by atoms with Crippen molar-refractivity contribution in [3.8, 4) is 0 Å². The van der Waals surface area contributed by atoms with Crippen LogP contribution in [0.25, 0.3) is 10.2 Å². The van der Waals surface area contributed by atoms with Crippen LogP contribution in [0, 0.1) is 13.8 Å². The van der Waals surface area contributed by atoms with Crippen molar-refractivity contribution in [2.24, 2.45) is 4.99 Å². The van der Waals surface area contributed by atoms with E-state index >= 15 is 0 Å². The number of esters is 1. The number of aryl methyl sites for hydroxylation is 3. The van der Waals surface area contributed by atoms with Crippen LogP contribution in [0.5, 0.6) is 0 Å². The normalized spacial score (nSPS) is 11.7. The fourth-order valence-electron chi connectivity index (χ4n) is 2.63. The monoisotopic (exact) mass is 368 g/mol. The molecule has 0 aliphatic carbocycles. The Balaban J connectivity index is 2.06. The fourth-order valence-corrected chi connectivity index (χ4v) is 3.79. The summed E-state index contributed by atoms with van der Waals surface area (Å²) in [4.78, 5) is 29.0. The number of benzene rings is 2. The highest BCUT2D eigenvalue weighted by molar-refractivity contribution is 7.16. The molecule has 0 atom stereocenters. The lowest BCUT2D eigenvalue weighted by atomic mass is 10.1. The minimum Gasteiger partial charge on any atom is -0.469 e. The van der Waals surface area contributed by atoms with Gasteiger partial charge in [0, 0.05) is 12.1 Å². The lowest BCUT2D eigenvalue weighted by Gasteiger charge is -2.04. The van der Waals surface area contributed by atoms with Crippen LogP contribution in [0.1, 0.15) is 27.9 Å². The van der Waals surface area contributed by atoms with Gasteiger partial charge in [-0.05, 0) is 43.7 Å². The maximum absolute atomic E-state index is 12.6. The zero-order chi connectivity index (χ0) is 18.7. The molecule has 1 amide bonds. The van der Waals surface area contributed by atoms with Crippen molar-refractivity contribution in [2.45, 2.75) is 26.8 Å². The maximum atomic E-state index is 12.6. The predicted octanol–water partition coefficient (Wildman–Crippen LogP) is 3.62. The van der Waals surface area contributed by atoms with Gasteiger partial charge in [0.1, 0.15) is 0 Å². The molecule has 134 valence electrons. The Bertz CT molecular complexity index is 1030. The average molecular weight is 368 g/mol. The largest absolute Gasteiger partial charge is 0.469 e. The molecule has 0 radical (unpaired) electrons. The molecule has 0 saturated carbocycles. The summed E-state index contributed by atoms with van der Waals surface area (Å²) < 4.78 is 7.67. The minimum atomic E-state index is -0.292. The lowest BCUT2D eigenvalue weighted by molar-refractivity contribution is -0.140. The van der Waals surface area contributed by atoms with Gasteiger partial charge in [-0.2, -0.15) is 4.99 Å². The topological polar surface area (TPSA) is 60.7 Å². The van der Waals surface area contributed by atoms with Gasteiger partial charge < -0.3 is 9.30 Å². The van der Waals surface area contributed by atoms with Crippen molar-refractivity contribution in [3.05, 3.63) is 64.0 Å². The van der Waals surface area contributed by atoms with Gasteiger partial charge in [0.15, 0.2) is 4.80 Å². The maximum Gasteiger partial charge on any atom is 0.307 e. The molecule has 6 heteroatoms. The average Bonchev–Trinajstić information content (AvgIpc) is 2.96. The number of ether oxygens (including phenoxy) is 1. The van der Waals surface area contributed by atoms with Crippen LogP contribution in [-0.2, 0) is 16.1 Å². The molecule has 0 spiro atoms. The van der Waals surface area contributed by atoms with Crippen molar-refractivity contribution < 1.29 is 14.3 Å². The first kappa shape index (κ1) is 18.1. The summed E-state index contributed by atoms with van der Waals surface area (Å²) in [7, 11) is 1.37. The van der Waals surface area contributed by atoms with Crippen molar-refractivity contribution in [1.29, 1.82) is 0 Å². The Labute approximate surface area is 155 Å². The summed E-state index contributed by atoms with van der Waals surface area (Å²) in [6.45, 7) is 4.41. The molecule has 0 unspecified atom stereocenters. The van der Waals surface area contributed by atoms with E-state index in [1.54, 1.807) is 12.1 Å². The number of nitrogens with zero attached hydrogens (tertiary/aromatic N) is 2. The molecule has 2 aromatic carbocycles. The van der Waals surface area contributed by atoms with Crippen LogP contribution in [0.3, 0.4) is 0 Å². The summed E-state index contributed by atoms with van der Waals surface area (Å²) >= 11 is 1.45. The number of amides is 1. The van der Waals surface area contributed by atoms with Crippen LogP contribution < -0.4 is 4.80 Å². The molecule has 0 bridgehead atoms. The quantitative estimate of drug-likeness (QED) is 0.661. The van der Waals surface area contributed by atoms with Crippen LogP contribution in [-0.4, -0.2) is 23.6 Å².